The second kappa shape index (κ2) is 8.08. The highest BCUT2D eigenvalue weighted by molar-refractivity contribution is 7.90. The number of ether oxygens (including phenoxy) is 1. The fraction of sp³-hybridized carbons (Fsp3) is 0.429. The number of piperazine rings is 1. The molecular weight excluding hydrogens is 431 g/mol. The lowest BCUT2D eigenvalue weighted by atomic mass is 10.1. The Balaban J connectivity index is 1.65. The second-order valence-corrected chi connectivity index (χ2v) is 10.7. The van der Waals surface area contributed by atoms with E-state index < -0.39 is 9.84 Å². The zero-order valence-corrected chi connectivity index (χ0v) is 18.8. The SMILES string of the molecule is CN1CCN(C2Cc3c(Cl)cc(Cl)cc3C2Oc2ccc(S(C)(=O)=O)cc2)CC1. The van der Waals surface area contributed by atoms with Gasteiger partial charge in [-0.2, -0.15) is 0 Å². The molecule has 0 N–H and O–H groups in total. The lowest BCUT2D eigenvalue weighted by molar-refractivity contribution is 0.0454. The van der Waals surface area contributed by atoms with Crippen molar-refractivity contribution in [3.05, 3.63) is 57.6 Å². The number of halogens is 2. The van der Waals surface area contributed by atoms with Crippen molar-refractivity contribution < 1.29 is 13.2 Å². The van der Waals surface area contributed by atoms with Crippen molar-refractivity contribution in [1.82, 2.24) is 9.80 Å². The number of hydrogen-bond donors (Lipinski definition) is 0. The van der Waals surface area contributed by atoms with Gasteiger partial charge < -0.3 is 9.64 Å². The summed E-state index contributed by atoms with van der Waals surface area (Å²) in [6, 6.07) is 10.5. The number of fused-ring (bicyclic) bond motifs is 1. The summed E-state index contributed by atoms with van der Waals surface area (Å²) in [5, 5.41) is 1.26. The van der Waals surface area contributed by atoms with Crippen molar-refractivity contribution in [1.29, 1.82) is 0 Å². The molecule has 2 aliphatic rings. The molecule has 0 radical (unpaired) electrons. The highest BCUT2D eigenvalue weighted by Gasteiger charge is 2.40. The minimum Gasteiger partial charge on any atom is -0.484 e. The first-order valence-corrected chi connectivity index (χ1v) is 12.2. The Labute approximate surface area is 182 Å². The van der Waals surface area contributed by atoms with Crippen LogP contribution in [0.2, 0.25) is 10.0 Å². The summed E-state index contributed by atoms with van der Waals surface area (Å²) < 4.78 is 29.9. The van der Waals surface area contributed by atoms with E-state index in [-0.39, 0.29) is 17.0 Å². The van der Waals surface area contributed by atoms with E-state index in [1.807, 2.05) is 6.07 Å². The standard InChI is InChI=1S/C21H24Cl2N2O3S/c1-24-7-9-25(10-8-24)20-13-17-18(11-14(22)12-19(17)23)21(20)28-15-3-5-16(6-4-15)29(2,26)27/h3-6,11-12,20-21H,7-10,13H2,1-2H3. The van der Waals surface area contributed by atoms with Crippen LogP contribution in [-0.4, -0.2) is 63.7 Å². The van der Waals surface area contributed by atoms with Crippen molar-refractivity contribution in [2.24, 2.45) is 0 Å². The van der Waals surface area contributed by atoms with Crippen LogP contribution in [0.4, 0.5) is 0 Å². The van der Waals surface area contributed by atoms with Crippen LogP contribution < -0.4 is 4.74 Å². The van der Waals surface area contributed by atoms with E-state index in [0.717, 1.165) is 43.7 Å². The maximum absolute atomic E-state index is 11.7. The van der Waals surface area contributed by atoms with Gasteiger partial charge in [-0.05, 0) is 55.4 Å². The number of rotatable bonds is 4. The van der Waals surface area contributed by atoms with Crippen LogP contribution in [0, 0.1) is 0 Å². The van der Waals surface area contributed by atoms with Crippen LogP contribution in [0.3, 0.4) is 0 Å². The van der Waals surface area contributed by atoms with Gasteiger partial charge in [0.1, 0.15) is 11.9 Å². The van der Waals surface area contributed by atoms with E-state index in [9.17, 15) is 8.42 Å². The molecule has 4 rings (SSSR count). The molecule has 1 aliphatic carbocycles. The Morgan fingerprint density at radius 3 is 2.31 bits per heavy atom. The van der Waals surface area contributed by atoms with E-state index in [2.05, 4.69) is 16.8 Å². The summed E-state index contributed by atoms with van der Waals surface area (Å²) in [6.07, 6.45) is 1.79. The average molecular weight is 455 g/mol. The molecule has 2 unspecified atom stereocenters. The zero-order valence-electron chi connectivity index (χ0n) is 16.4. The molecular formula is C21H24Cl2N2O3S. The maximum Gasteiger partial charge on any atom is 0.175 e. The topological polar surface area (TPSA) is 49.9 Å². The van der Waals surface area contributed by atoms with Crippen LogP contribution >= 0.6 is 23.2 Å². The van der Waals surface area contributed by atoms with Crippen LogP contribution in [0.1, 0.15) is 17.2 Å². The molecule has 5 nitrogen and oxygen atoms in total. The molecule has 2 atom stereocenters. The van der Waals surface area contributed by atoms with Crippen molar-refractivity contribution in [2.45, 2.75) is 23.5 Å². The smallest absolute Gasteiger partial charge is 0.175 e. The molecule has 2 aromatic rings. The maximum atomic E-state index is 11.7. The molecule has 0 amide bonds. The third-order valence-electron chi connectivity index (χ3n) is 5.79. The number of benzene rings is 2. The van der Waals surface area contributed by atoms with Gasteiger partial charge in [0, 0.05) is 48.0 Å². The quantitative estimate of drug-likeness (QED) is 0.704. The van der Waals surface area contributed by atoms with Gasteiger partial charge in [0.2, 0.25) is 0 Å². The van der Waals surface area contributed by atoms with Gasteiger partial charge in [-0.15, -0.1) is 0 Å². The third kappa shape index (κ3) is 4.42. The Hall–Kier alpha value is -1.31. The highest BCUT2D eigenvalue weighted by atomic mass is 35.5. The summed E-state index contributed by atoms with van der Waals surface area (Å²) in [5.74, 6) is 0.630. The van der Waals surface area contributed by atoms with Crippen molar-refractivity contribution >= 4 is 33.0 Å². The first kappa shape index (κ1) is 20.9. The summed E-state index contributed by atoms with van der Waals surface area (Å²) >= 11 is 12.8. The van der Waals surface area contributed by atoms with Gasteiger partial charge in [-0.1, -0.05) is 23.2 Å². The monoisotopic (exact) mass is 454 g/mol. The summed E-state index contributed by atoms with van der Waals surface area (Å²) in [6.45, 7) is 3.95. The zero-order chi connectivity index (χ0) is 20.8. The highest BCUT2D eigenvalue weighted by Crippen LogP contribution is 2.42. The van der Waals surface area contributed by atoms with Crippen molar-refractivity contribution in [2.75, 3.05) is 39.5 Å². The molecule has 0 saturated carbocycles. The largest absolute Gasteiger partial charge is 0.484 e. The molecule has 156 valence electrons. The Kier molecular flexibility index (Phi) is 5.84. The molecule has 0 bridgehead atoms. The molecule has 8 heteroatoms. The van der Waals surface area contributed by atoms with Crippen molar-refractivity contribution in [3.8, 4) is 5.75 Å². The van der Waals surface area contributed by atoms with Crippen LogP contribution in [0.25, 0.3) is 0 Å². The number of hydrogen-bond acceptors (Lipinski definition) is 5. The number of nitrogens with zero attached hydrogens (tertiary/aromatic N) is 2. The number of sulfone groups is 1. The predicted octanol–water partition coefficient (Wildman–Crippen LogP) is 3.69. The van der Waals surface area contributed by atoms with Crippen LogP contribution in [-0.2, 0) is 16.3 Å². The van der Waals surface area contributed by atoms with Gasteiger partial charge in [-0.3, -0.25) is 4.90 Å². The van der Waals surface area contributed by atoms with Crippen molar-refractivity contribution in [3.63, 3.8) is 0 Å². The lowest BCUT2D eigenvalue weighted by Crippen LogP contribution is -2.50. The second-order valence-electron chi connectivity index (χ2n) is 7.85. The fourth-order valence-electron chi connectivity index (χ4n) is 4.14. The Morgan fingerprint density at radius 1 is 1.03 bits per heavy atom. The van der Waals surface area contributed by atoms with Gasteiger partial charge in [0.15, 0.2) is 9.84 Å². The van der Waals surface area contributed by atoms with E-state index in [4.69, 9.17) is 27.9 Å². The van der Waals surface area contributed by atoms with Crippen LogP contribution in [0.15, 0.2) is 41.3 Å². The van der Waals surface area contributed by atoms with E-state index in [1.165, 1.54) is 6.26 Å². The third-order valence-corrected chi connectivity index (χ3v) is 7.47. The Bertz CT molecular complexity index is 1000. The fourth-order valence-corrected chi connectivity index (χ4v) is 5.36. The van der Waals surface area contributed by atoms with Crippen LogP contribution in [0.5, 0.6) is 5.75 Å². The van der Waals surface area contributed by atoms with Gasteiger partial charge in [0.25, 0.3) is 0 Å². The first-order chi connectivity index (χ1) is 13.7. The molecule has 0 aromatic heterocycles. The number of likely N-dealkylation sites (N-methyl/N-ethyl adjacent to an activating group) is 1. The molecule has 1 saturated heterocycles. The van der Waals surface area contributed by atoms with E-state index in [0.29, 0.717) is 15.8 Å². The molecule has 1 heterocycles. The summed E-state index contributed by atoms with van der Waals surface area (Å²) in [7, 11) is -1.11. The summed E-state index contributed by atoms with van der Waals surface area (Å²) in [5.41, 5.74) is 2.09. The van der Waals surface area contributed by atoms with E-state index >= 15 is 0 Å². The Morgan fingerprint density at radius 2 is 1.69 bits per heavy atom. The minimum absolute atomic E-state index is 0.157. The van der Waals surface area contributed by atoms with Gasteiger partial charge in [-0.25, -0.2) is 8.42 Å². The lowest BCUT2D eigenvalue weighted by Gasteiger charge is -2.38. The van der Waals surface area contributed by atoms with E-state index in [1.54, 1.807) is 30.3 Å². The molecule has 0 spiro atoms. The molecule has 29 heavy (non-hydrogen) atoms. The first-order valence-electron chi connectivity index (χ1n) is 9.59. The summed E-state index contributed by atoms with van der Waals surface area (Å²) in [4.78, 5) is 5.06. The predicted molar refractivity (Wildman–Crippen MR) is 116 cm³/mol. The van der Waals surface area contributed by atoms with Gasteiger partial charge >= 0.3 is 0 Å². The molecule has 2 aromatic carbocycles. The molecule has 1 fully saturated rings. The minimum atomic E-state index is -3.24. The van der Waals surface area contributed by atoms with Gasteiger partial charge in [0.05, 0.1) is 10.9 Å². The normalized spacial score (nSPS) is 23.2. The molecule has 1 aliphatic heterocycles. The average Bonchev–Trinajstić information content (AvgIpc) is 3.01.